The highest BCUT2D eigenvalue weighted by Gasteiger charge is 2.46. The number of aromatic nitrogens is 4. The first-order valence-corrected chi connectivity index (χ1v) is 10.9. The lowest BCUT2D eigenvalue weighted by molar-refractivity contribution is -0.134. The summed E-state index contributed by atoms with van der Waals surface area (Å²) in [5, 5.41) is 7.10. The summed E-state index contributed by atoms with van der Waals surface area (Å²) in [6.07, 6.45) is 7.67. The molecule has 1 N–H and O–H groups in total. The molecular weight excluding hydrogens is 404 g/mol. The number of rotatable bonds is 7. The zero-order chi connectivity index (χ0) is 22.6. The van der Waals surface area contributed by atoms with E-state index in [9.17, 15) is 9.59 Å². The predicted molar refractivity (Wildman–Crippen MR) is 120 cm³/mol. The van der Waals surface area contributed by atoms with Crippen LogP contribution in [0.2, 0.25) is 0 Å². The molecule has 8 nitrogen and oxygen atoms in total. The van der Waals surface area contributed by atoms with Gasteiger partial charge in [-0.25, -0.2) is 9.67 Å². The van der Waals surface area contributed by atoms with E-state index >= 15 is 0 Å². The van der Waals surface area contributed by atoms with Crippen molar-refractivity contribution in [3.63, 3.8) is 0 Å². The molecule has 3 heterocycles. The second-order valence-corrected chi connectivity index (χ2v) is 8.68. The van der Waals surface area contributed by atoms with Crippen molar-refractivity contribution in [1.29, 1.82) is 0 Å². The molecule has 4 rings (SSSR count). The largest absolute Gasteiger partial charge is 0.353 e. The van der Waals surface area contributed by atoms with Gasteiger partial charge in [-0.1, -0.05) is 24.3 Å². The molecule has 0 radical (unpaired) electrons. The van der Waals surface area contributed by atoms with E-state index in [1.54, 1.807) is 17.3 Å². The number of pyridine rings is 1. The number of carbonyl (C=O) groups is 2. The van der Waals surface area contributed by atoms with Gasteiger partial charge >= 0.3 is 0 Å². The van der Waals surface area contributed by atoms with Crippen LogP contribution in [0.1, 0.15) is 25.8 Å². The van der Waals surface area contributed by atoms with Gasteiger partial charge in [0.1, 0.15) is 19.2 Å². The summed E-state index contributed by atoms with van der Waals surface area (Å²) in [6.45, 7) is 4.97. The van der Waals surface area contributed by atoms with Crippen LogP contribution in [-0.4, -0.2) is 55.6 Å². The lowest BCUT2D eigenvalue weighted by atomic mass is 9.79. The lowest BCUT2D eigenvalue weighted by Gasteiger charge is -2.29. The van der Waals surface area contributed by atoms with Crippen molar-refractivity contribution < 1.29 is 9.59 Å². The molecular formula is C24H28N6O2. The van der Waals surface area contributed by atoms with E-state index in [0.717, 1.165) is 16.7 Å². The Labute approximate surface area is 187 Å². The standard InChI is InChI=1S/C24H28N6O2/c1-18(2)28-23(32)24(8-11-29(15-24)22(31)14-30-17-26-16-27-30)13-19-4-3-5-21(12-19)20-6-9-25-10-7-20/h3-7,9-10,12,16-18H,8,11,13-15H2,1-2H3,(H,28,32). The first-order chi connectivity index (χ1) is 15.4. The molecule has 3 aromatic rings. The van der Waals surface area contributed by atoms with Gasteiger partial charge < -0.3 is 10.2 Å². The molecule has 1 unspecified atom stereocenters. The van der Waals surface area contributed by atoms with Crippen LogP contribution in [0.4, 0.5) is 0 Å². The quantitative estimate of drug-likeness (QED) is 0.619. The first kappa shape index (κ1) is 21.7. The van der Waals surface area contributed by atoms with Crippen molar-refractivity contribution in [2.24, 2.45) is 5.41 Å². The fraction of sp³-hybridized carbons (Fsp3) is 0.375. The van der Waals surface area contributed by atoms with Crippen LogP contribution in [0.5, 0.6) is 0 Å². The Hall–Kier alpha value is -3.55. The van der Waals surface area contributed by atoms with Crippen LogP contribution in [0.15, 0.2) is 61.4 Å². The van der Waals surface area contributed by atoms with Gasteiger partial charge in [-0.15, -0.1) is 0 Å². The van der Waals surface area contributed by atoms with Gasteiger partial charge in [0.25, 0.3) is 0 Å². The molecule has 0 aliphatic carbocycles. The second-order valence-electron chi connectivity index (χ2n) is 8.68. The van der Waals surface area contributed by atoms with Gasteiger partial charge in [-0.3, -0.25) is 14.6 Å². The molecule has 8 heteroatoms. The van der Waals surface area contributed by atoms with Gasteiger partial charge in [-0.05, 0) is 55.5 Å². The molecule has 1 aliphatic rings. The third-order valence-electron chi connectivity index (χ3n) is 5.85. The molecule has 1 saturated heterocycles. The summed E-state index contributed by atoms with van der Waals surface area (Å²) >= 11 is 0. The van der Waals surface area contributed by atoms with Gasteiger partial charge in [0.05, 0.1) is 5.41 Å². The summed E-state index contributed by atoms with van der Waals surface area (Å²) in [4.78, 5) is 35.9. The Morgan fingerprint density at radius 1 is 1.12 bits per heavy atom. The Kier molecular flexibility index (Phi) is 6.30. The zero-order valence-corrected chi connectivity index (χ0v) is 18.4. The van der Waals surface area contributed by atoms with Crippen LogP contribution < -0.4 is 5.32 Å². The minimum absolute atomic E-state index is 0.00197. The molecule has 0 bridgehead atoms. The van der Waals surface area contributed by atoms with Crippen molar-refractivity contribution in [2.75, 3.05) is 13.1 Å². The minimum Gasteiger partial charge on any atom is -0.353 e. The molecule has 1 aliphatic heterocycles. The topological polar surface area (TPSA) is 93.0 Å². The monoisotopic (exact) mass is 432 g/mol. The number of carbonyl (C=O) groups excluding carboxylic acids is 2. The van der Waals surface area contributed by atoms with Gasteiger partial charge in [0.15, 0.2) is 0 Å². The fourth-order valence-electron chi connectivity index (χ4n) is 4.26. The van der Waals surface area contributed by atoms with E-state index in [1.165, 1.54) is 17.3 Å². The molecule has 166 valence electrons. The van der Waals surface area contributed by atoms with E-state index in [4.69, 9.17) is 0 Å². The number of likely N-dealkylation sites (tertiary alicyclic amines) is 1. The third kappa shape index (κ3) is 4.85. The normalized spacial score (nSPS) is 18.2. The Bertz CT molecular complexity index is 1070. The molecule has 2 aromatic heterocycles. The maximum absolute atomic E-state index is 13.3. The Morgan fingerprint density at radius 2 is 1.94 bits per heavy atom. The first-order valence-electron chi connectivity index (χ1n) is 10.9. The highest BCUT2D eigenvalue weighted by molar-refractivity contribution is 5.86. The number of benzene rings is 1. The van der Waals surface area contributed by atoms with Crippen LogP contribution in [0.25, 0.3) is 11.1 Å². The number of hydrogen-bond donors (Lipinski definition) is 1. The average molecular weight is 433 g/mol. The summed E-state index contributed by atoms with van der Waals surface area (Å²) in [5.74, 6) is -0.0573. The molecule has 1 aromatic carbocycles. The third-order valence-corrected chi connectivity index (χ3v) is 5.85. The van der Waals surface area contributed by atoms with Crippen LogP contribution >= 0.6 is 0 Å². The highest BCUT2D eigenvalue weighted by atomic mass is 16.2. The van der Waals surface area contributed by atoms with Crippen molar-refractivity contribution >= 4 is 11.8 Å². The predicted octanol–water partition coefficient (Wildman–Crippen LogP) is 2.33. The van der Waals surface area contributed by atoms with Crippen molar-refractivity contribution in [1.82, 2.24) is 30.0 Å². The van der Waals surface area contributed by atoms with Gasteiger partial charge in [0.2, 0.25) is 11.8 Å². The number of nitrogens with zero attached hydrogens (tertiary/aromatic N) is 5. The molecule has 32 heavy (non-hydrogen) atoms. The summed E-state index contributed by atoms with van der Waals surface area (Å²) in [7, 11) is 0. The second kappa shape index (κ2) is 9.30. The van der Waals surface area contributed by atoms with E-state index in [1.807, 2.05) is 32.0 Å². The molecule has 0 saturated carbocycles. The zero-order valence-electron chi connectivity index (χ0n) is 18.4. The molecule has 1 atom stereocenters. The van der Waals surface area contributed by atoms with Crippen LogP contribution in [0, 0.1) is 5.41 Å². The average Bonchev–Trinajstić information content (AvgIpc) is 3.45. The Balaban J connectivity index is 1.56. The molecule has 1 fully saturated rings. The van der Waals surface area contributed by atoms with Crippen LogP contribution in [-0.2, 0) is 22.6 Å². The maximum atomic E-state index is 13.3. The van der Waals surface area contributed by atoms with Crippen molar-refractivity contribution in [2.45, 2.75) is 39.3 Å². The minimum atomic E-state index is -0.667. The highest BCUT2D eigenvalue weighted by Crippen LogP contribution is 2.36. The summed E-state index contributed by atoms with van der Waals surface area (Å²) < 4.78 is 1.51. The number of amides is 2. The van der Waals surface area contributed by atoms with E-state index in [-0.39, 0.29) is 24.4 Å². The van der Waals surface area contributed by atoms with E-state index in [2.05, 4.69) is 38.6 Å². The smallest absolute Gasteiger partial charge is 0.244 e. The summed E-state index contributed by atoms with van der Waals surface area (Å²) in [6, 6.07) is 12.2. The van der Waals surface area contributed by atoms with Gasteiger partial charge in [0, 0.05) is 31.5 Å². The van der Waals surface area contributed by atoms with Crippen LogP contribution in [0.3, 0.4) is 0 Å². The van der Waals surface area contributed by atoms with Crippen molar-refractivity contribution in [3.8, 4) is 11.1 Å². The molecule has 0 spiro atoms. The maximum Gasteiger partial charge on any atom is 0.244 e. The van der Waals surface area contributed by atoms with Crippen molar-refractivity contribution in [3.05, 3.63) is 67.0 Å². The fourth-order valence-corrected chi connectivity index (χ4v) is 4.26. The number of nitrogens with one attached hydrogen (secondary N) is 1. The van der Waals surface area contributed by atoms with E-state index in [0.29, 0.717) is 25.9 Å². The SMILES string of the molecule is CC(C)NC(=O)C1(Cc2cccc(-c3ccncc3)c2)CCN(C(=O)Cn2cncn2)C1. The lowest BCUT2D eigenvalue weighted by Crippen LogP contribution is -2.47. The number of hydrogen-bond acceptors (Lipinski definition) is 5. The summed E-state index contributed by atoms with van der Waals surface area (Å²) in [5.41, 5.74) is 2.57. The molecule has 2 amide bonds. The Morgan fingerprint density at radius 3 is 2.66 bits per heavy atom. The van der Waals surface area contributed by atoms with E-state index < -0.39 is 5.41 Å². The van der Waals surface area contributed by atoms with Gasteiger partial charge in [-0.2, -0.15) is 5.10 Å².